The molecule has 1 nitrogen and oxygen atoms in total. The maximum atomic E-state index is 15.1. The first-order chi connectivity index (χ1) is 17.9. The van der Waals surface area contributed by atoms with Crippen molar-refractivity contribution in [2.75, 3.05) is 0 Å². The highest BCUT2D eigenvalue weighted by Gasteiger charge is 2.24. The van der Waals surface area contributed by atoms with Crippen molar-refractivity contribution in [3.63, 3.8) is 0 Å². The van der Waals surface area contributed by atoms with Crippen LogP contribution in [0.3, 0.4) is 0 Å². The number of aliphatic imine (C=N–C) groups is 1. The zero-order valence-corrected chi connectivity index (χ0v) is 21.0. The van der Waals surface area contributed by atoms with Crippen LogP contribution in [0.5, 0.6) is 0 Å². The third-order valence-corrected chi connectivity index (χ3v) is 6.52. The molecular formula is C31H23F4NS. The zero-order valence-electron chi connectivity index (χ0n) is 20.2. The Morgan fingerprint density at radius 1 is 0.865 bits per heavy atom. The van der Waals surface area contributed by atoms with Gasteiger partial charge in [-0.25, -0.2) is 17.6 Å². The van der Waals surface area contributed by atoms with E-state index >= 15 is 4.39 Å². The Hall–Kier alpha value is -3.70. The highest BCUT2D eigenvalue weighted by atomic mass is 32.1. The van der Waals surface area contributed by atoms with Crippen LogP contribution in [0.2, 0.25) is 0 Å². The van der Waals surface area contributed by atoms with Gasteiger partial charge in [0.1, 0.15) is 17.3 Å². The van der Waals surface area contributed by atoms with E-state index in [1.807, 2.05) is 5.16 Å². The molecule has 0 spiro atoms. The first kappa shape index (κ1) is 26.4. The molecule has 0 amide bonds. The lowest BCUT2D eigenvalue weighted by molar-refractivity contribution is 0.402. The van der Waals surface area contributed by atoms with Crippen LogP contribution in [0.1, 0.15) is 66.0 Å². The van der Waals surface area contributed by atoms with Crippen molar-refractivity contribution < 1.29 is 17.6 Å². The highest BCUT2D eigenvalue weighted by molar-refractivity contribution is 7.78. The molecule has 3 aromatic rings. The molecule has 186 valence electrons. The molecule has 0 aromatic heterocycles. The van der Waals surface area contributed by atoms with E-state index in [9.17, 15) is 13.2 Å². The fourth-order valence-corrected chi connectivity index (χ4v) is 4.57. The third kappa shape index (κ3) is 6.36. The normalized spacial score (nSPS) is 13.9. The molecule has 37 heavy (non-hydrogen) atoms. The SMILES string of the molecule is CCCCC1CCc2c(cc(F)c(C#Cc3ccc(C#Cc4cc(F)c(N=C=S)c(F)c4)cc3)c2F)C1. The summed E-state index contributed by atoms with van der Waals surface area (Å²) < 4.78 is 57.8. The van der Waals surface area contributed by atoms with Gasteiger partial charge in [0.15, 0.2) is 11.6 Å². The summed E-state index contributed by atoms with van der Waals surface area (Å²) in [5.41, 5.74) is 1.90. The topological polar surface area (TPSA) is 12.4 Å². The van der Waals surface area contributed by atoms with Crippen molar-refractivity contribution in [3.8, 4) is 23.7 Å². The summed E-state index contributed by atoms with van der Waals surface area (Å²) in [6, 6.07) is 10.3. The third-order valence-electron chi connectivity index (χ3n) is 6.43. The minimum atomic E-state index is -0.884. The van der Waals surface area contributed by atoms with E-state index in [2.05, 4.69) is 47.8 Å². The number of thiocarbonyl (C=S) groups is 1. The molecule has 0 saturated heterocycles. The minimum absolute atomic E-state index is 0.136. The highest BCUT2D eigenvalue weighted by Crippen LogP contribution is 2.32. The van der Waals surface area contributed by atoms with E-state index in [1.165, 1.54) is 6.07 Å². The Bertz CT molecular complexity index is 1470. The van der Waals surface area contributed by atoms with Gasteiger partial charge in [-0.15, -0.1) is 0 Å². The molecule has 0 radical (unpaired) electrons. The molecule has 6 heteroatoms. The molecule has 0 aliphatic heterocycles. The average molecular weight is 518 g/mol. The van der Waals surface area contributed by atoms with Crippen LogP contribution in [0, 0.1) is 52.9 Å². The Kier molecular flexibility index (Phi) is 8.57. The number of fused-ring (bicyclic) bond motifs is 1. The number of rotatable bonds is 4. The van der Waals surface area contributed by atoms with Gasteiger partial charge in [0.2, 0.25) is 0 Å². The fraction of sp³-hybridized carbons (Fsp3) is 0.258. The van der Waals surface area contributed by atoms with Gasteiger partial charge >= 0.3 is 0 Å². The van der Waals surface area contributed by atoms with E-state index in [0.29, 0.717) is 35.4 Å². The van der Waals surface area contributed by atoms with E-state index in [-0.39, 0.29) is 11.1 Å². The van der Waals surface area contributed by atoms with Crippen LogP contribution in [-0.2, 0) is 12.8 Å². The van der Waals surface area contributed by atoms with Gasteiger partial charge < -0.3 is 0 Å². The van der Waals surface area contributed by atoms with E-state index < -0.39 is 29.0 Å². The monoisotopic (exact) mass is 517 g/mol. The molecule has 0 fully saturated rings. The van der Waals surface area contributed by atoms with E-state index in [4.69, 9.17) is 0 Å². The summed E-state index contributed by atoms with van der Waals surface area (Å²) in [7, 11) is 0. The summed E-state index contributed by atoms with van der Waals surface area (Å²) in [5.74, 6) is 8.51. The Morgan fingerprint density at radius 2 is 1.49 bits per heavy atom. The number of hydrogen-bond donors (Lipinski definition) is 0. The smallest absolute Gasteiger partial charge is 0.153 e. The number of hydrogen-bond acceptors (Lipinski definition) is 2. The molecule has 4 rings (SSSR count). The maximum absolute atomic E-state index is 15.1. The van der Waals surface area contributed by atoms with Gasteiger partial charge in [0.05, 0.1) is 10.7 Å². The standard InChI is InChI=1S/C31H23F4NS/c1-2-3-4-22-12-13-25-24(15-22)18-27(32)26(30(25)35)14-11-21-7-5-20(6-8-21)9-10-23-16-28(33)31(36-19-37)29(34)17-23/h5-8,16-18,22H,2-4,12-13,15H2,1H3. The van der Waals surface area contributed by atoms with Crippen LogP contribution in [0.15, 0.2) is 47.5 Å². The first-order valence-corrected chi connectivity index (χ1v) is 12.5. The molecule has 1 aliphatic rings. The second-order valence-corrected chi connectivity index (χ2v) is 9.19. The number of unbranched alkanes of at least 4 members (excludes halogenated alkanes) is 1. The van der Waals surface area contributed by atoms with Gasteiger partial charge in [-0.3, -0.25) is 0 Å². The summed E-state index contributed by atoms with van der Waals surface area (Å²) in [6.07, 6.45) is 5.57. The molecular weight excluding hydrogens is 494 g/mol. The van der Waals surface area contributed by atoms with Crippen molar-refractivity contribution in [1.29, 1.82) is 0 Å². The van der Waals surface area contributed by atoms with E-state index in [0.717, 1.165) is 43.4 Å². The Labute approximate surface area is 219 Å². The van der Waals surface area contributed by atoms with Crippen molar-refractivity contribution in [3.05, 3.63) is 99.1 Å². The van der Waals surface area contributed by atoms with Crippen molar-refractivity contribution in [2.45, 2.75) is 45.4 Å². The van der Waals surface area contributed by atoms with Crippen molar-refractivity contribution in [2.24, 2.45) is 10.9 Å². The Balaban J connectivity index is 1.51. The largest absolute Gasteiger partial charge is 0.206 e. The molecule has 1 atom stereocenters. The lowest BCUT2D eigenvalue weighted by Crippen LogP contribution is -2.17. The molecule has 1 unspecified atom stereocenters. The first-order valence-electron chi connectivity index (χ1n) is 12.1. The quantitative estimate of drug-likeness (QED) is 0.148. The van der Waals surface area contributed by atoms with E-state index in [1.54, 1.807) is 24.3 Å². The molecule has 0 saturated carbocycles. The predicted molar refractivity (Wildman–Crippen MR) is 141 cm³/mol. The van der Waals surface area contributed by atoms with Crippen LogP contribution in [0.25, 0.3) is 0 Å². The van der Waals surface area contributed by atoms with Crippen molar-refractivity contribution >= 4 is 23.1 Å². The summed E-state index contributed by atoms with van der Waals surface area (Å²) >= 11 is 4.39. The van der Waals surface area contributed by atoms with Crippen LogP contribution in [0.4, 0.5) is 23.2 Å². The van der Waals surface area contributed by atoms with Gasteiger partial charge in [0, 0.05) is 16.7 Å². The fourth-order valence-electron chi connectivity index (χ4n) is 4.48. The number of halogens is 4. The van der Waals surface area contributed by atoms with Crippen molar-refractivity contribution in [1.82, 2.24) is 0 Å². The lowest BCUT2D eigenvalue weighted by atomic mass is 9.80. The van der Waals surface area contributed by atoms with Crippen LogP contribution >= 0.6 is 12.2 Å². The van der Waals surface area contributed by atoms with Gasteiger partial charge in [-0.05, 0) is 91.0 Å². The zero-order chi connectivity index (χ0) is 26.4. The number of benzene rings is 3. The van der Waals surface area contributed by atoms with Crippen LogP contribution in [-0.4, -0.2) is 5.16 Å². The summed E-state index contributed by atoms with van der Waals surface area (Å²) in [5, 5.41) is 1.94. The number of nitrogens with zero attached hydrogens (tertiary/aromatic N) is 1. The van der Waals surface area contributed by atoms with Gasteiger partial charge in [-0.1, -0.05) is 49.9 Å². The average Bonchev–Trinajstić information content (AvgIpc) is 2.88. The second-order valence-electron chi connectivity index (χ2n) is 9.01. The van der Waals surface area contributed by atoms with Crippen LogP contribution < -0.4 is 0 Å². The second kappa shape index (κ2) is 12.0. The minimum Gasteiger partial charge on any atom is -0.206 e. The molecule has 1 aliphatic carbocycles. The van der Waals surface area contributed by atoms with Gasteiger partial charge in [0.25, 0.3) is 0 Å². The molecule has 3 aromatic carbocycles. The maximum Gasteiger partial charge on any atom is 0.153 e. The molecule has 0 bridgehead atoms. The molecule has 0 N–H and O–H groups in total. The Morgan fingerprint density at radius 3 is 2.11 bits per heavy atom. The number of isothiocyanates is 1. The summed E-state index contributed by atoms with van der Waals surface area (Å²) in [6.45, 7) is 2.15. The summed E-state index contributed by atoms with van der Waals surface area (Å²) in [4.78, 5) is 3.37. The lowest BCUT2D eigenvalue weighted by Gasteiger charge is -2.25. The predicted octanol–water partition coefficient (Wildman–Crippen LogP) is 8.07. The van der Waals surface area contributed by atoms with Gasteiger partial charge in [-0.2, -0.15) is 4.99 Å². The molecule has 0 heterocycles.